The van der Waals surface area contributed by atoms with Gasteiger partial charge in [0, 0.05) is 25.0 Å². The predicted octanol–water partition coefficient (Wildman–Crippen LogP) is 0.324. The van der Waals surface area contributed by atoms with Crippen molar-refractivity contribution in [2.45, 2.75) is 44.7 Å². The maximum atomic E-state index is 11.5. The van der Waals surface area contributed by atoms with Crippen molar-refractivity contribution in [1.29, 1.82) is 0 Å². The first-order valence-electron chi connectivity index (χ1n) is 5.81. The van der Waals surface area contributed by atoms with Crippen LogP contribution in [0.3, 0.4) is 0 Å². The van der Waals surface area contributed by atoms with E-state index in [0.29, 0.717) is 12.5 Å². The summed E-state index contributed by atoms with van der Waals surface area (Å²) in [5, 5.41) is 3.06. The number of rotatable bonds is 5. The van der Waals surface area contributed by atoms with Crippen LogP contribution in [0, 0.1) is 0 Å². The van der Waals surface area contributed by atoms with Gasteiger partial charge >= 0.3 is 0 Å². The molecule has 0 aliphatic carbocycles. The Balaban J connectivity index is 2.08. The largest absolute Gasteiger partial charge is 0.352 e. The van der Waals surface area contributed by atoms with Gasteiger partial charge in [0.05, 0.1) is 0 Å². The van der Waals surface area contributed by atoms with Crippen LogP contribution in [0.4, 0.5) is 0 Å². The minimum absolute atomic E-state index is 0.177. The van der Waals surface area contributed by atoms with Gasteiger partial charge in [0.15, 0.2) is 0 Å². The molecule has 4 heteroatoms. The lowest BCUT2D eigenvalue weighted by atomic mass is 10.1. The minimum atomic E-state index is 0.177. The lowest BCUT2D eigenvalue weighted by molar-refractivity contribution is -0.121. The maximum Gasteiger partial charge on any atom is 0.220 e. The molecule has 15 heavy (non-hydrogen) atoms. The Labute approximate surface area is 92.2 Å². The highest BCUT2D eigenvalue weighted by atomic mass is 16.1. The smallest absolute Gasteiger partial charge is 0.220 e. The Morgan fingerprint density at radius 1 is 1.67 bits per heavy atom. The summed E-state index contributed by atoms with van der Waals surface area (Å²) in [6, 6.07) is 0.563. The topological polar surface area (TPSA) is 58.4 Å². The molecule has 0 aromatic heterocycles. The summed E-state index contributed by atoms with van der Waals surface area (Å²) in [5.41, 5.74) is 5.62. The zero-order valence-electron chi connectivity index (χ0n) is 9.83. The molecule has 0 spiro atoms. The van der Waals surface area contributed by atoms with Crippen LogP contribution in [-0.2, 0) is 4.79 Å². The van der Waals surface area contributed by atoms with E-state index in [9.17, 15) is 4.79 Å². The average molecular weight is 213 g/mol. The monoisotopic (exact) mass is 213 g/mol. The molecular weight excluding hydrogens is 190 g/mol. The molecule has 4 nitrogen and oxygen atoms in total. The number of nitrogens with one attached hydrogen (secondary N) is 1. The van der Waals surface area contributed by atoms with E-state index < -0.39 is 0 Å². The van der Waals surface area contributed by atoms with Crippen LogP contribution in [0.2, 0.25) is 0 Å². The molecule has 1 aliphatic rings. The van der Waals surface area contributed by atoms with Crippen molar-refractivity contribution >= 4 is 5.91 Å². The van der Waals surface area contributed by atoms with E-state index in [1.54, 1.807) is 0 Å². The number of nitrogens with two attached hydrogens (primary N) is 1. The van der Waals surface area contributed by atoms with Crippen molar-refractivity contribution < 1.29 is 4.79 Å². The minimum Gasteiger partial charge on any atom is -0.352 e. The van der Waals surface area contributed by atoms with Gasteiger partial charge in [0.2, 0.25) is 5.91 Å². The highest BCUT2D eigenvalue weighted by molar-refractivity contribution is 5.76. The first-order chi connectivity index (χ1) is 7.08. The SMILES string of the molecule is CC(N)CCCC(=O)NC1CCN(C)C1. The Bertz CT molecular complexity index is 206. The molecule has 0 bridgehead atoms. The van der Waals surface area contributed by atoms with Gasteiger partial charge in [-0.05, 0) is 39.8 Å². The predicted molar refractivity (Wildman–Crippen MR) is 61.5 cm³/mol. The molecule has 1 fully saturated rings. The summed E-state index contributed by atoms with van der Waals surface area (Å²) >= 11 is 0. The van der Waals surface area contributed by atoms with E-state index in [2.05, 4.69) is 17.3 Å². The molecule has 1 heterocycles. The molecule has 0 saturated carbocycles. The van der Waals surface area contributed by atoms with E-state index in [0.717, 1.165) is 32.4 Å². The van der Waals surface area contributed by atoms with Crippen molar-refractivity contribution in [1.82, 2.24) is 10.2 Å². The van der Waals surface area contributed by atoms with Crippen molar-refractivity contribution in [3.8, 4) is 0 Å². The van der Waals surface area contributed by atoms with Crippen LogP contribution in [0.1, 0.15) is 32.6 Å². The van der Waals surface area contributed by atoms with Gasteiger partial charge in [-0.15, -0.1) is 0 Å². The molecule has 1 rings (SSSR count). The second-order valence-electron chi connectivity index (χ2n) is 4.68. The van der Waals surface area contributed by atoms with Crippen LogP contribution in [0.25, 0.3) is 0 Å². The average Bonchev–Trinajstić information content (AvgIpc) is 2.50. The number of nitrogens with zero attached hydrogens (tertiary/aromatic N) is 1. The Hall–Kier alpha value is -0.610. The van der Waals surface area contributed by atoms with E-state index >= 15 is 0 Å². The fraction of sp³-hybridized carbons (Fsp3) is 0.909. The molecule has 1 saturated heterocycles. The standard InChI is InChI=1S/C11H23N3O/c1-9(12)4-3-5-11(15)13-10-6-7-14(2)8-10/h9-10H,3-8,12H2,1-2H3,(H,13,15). The van der Waals surface area contributed by atoms with E-state index in [1.165, 1.54) is 0 Å². The third-order valence-electron chi connectivity index (χ3n) is 2.82. The molecule has 0 aromatic rings. The molecule has 1 amide bonds. The summed E-state index contributed by atoms with van der Waals surface area (Å²) in [5.74, 6) is 0.177. The van der Waals surface area contributed by atoms with Crippen molar-refractivity contribution in [3.05, 3.63) is 0 Å². The highest BCUT2D eigenvalue weighted by Gasteiger charge is 2.20. The van der Waals surface area contributed by atoms with E-state index in [-0.39, 0.29) is 11.9 Å². The highest BCUT2D eigenvalue weighted by Crippen LogP contribution is 2.07. The number of amides is 1. The Kier molecular flexibility index (Phi) is 5.05. The van der Waals surface area contributed by atoms with E-state index in [1.807, 2.05) is 6.92 Å². The fourth-order valence-corrected chi connectivity index (χ4v) is 1.94. The Morgan fingerprint density at radius 3 is 2.93 bits per heavy atom. The van der Waals surface area contributed by atoms with Crippen LogP contribution < -0.4 is 11.1 Å². The third-order valence-corrected chi connectivity index (χ3v) is 2.82. The summed E-state index contributed by atoms with van der Waals surface area (Å²) in [7, 11) is 2.09. The van der Waals surface area contributed by atoms with Crippen molar-refractivity contribution in [2.24, 2.45) is 5.73 Å². The molecule has 88 valence electrons. The summed E-state index contributed by atoms with van der Waals surface area (Å²) in [4.78, 5) is 13.8. The fourth-order valence-electron chi connectivity index (χ4n) is 1.94. The van der Waals surface area contributed by atoms with Crippen molar-refractivity contribution in [2.75, 3.05) is 20.1 Å². The maximum absolute atomic E-state index is 11.5. The first-order valence-corrected chi connectivity index (χ1v) is 5.81. The second-order valence-corrected chi connectivity index (χ2v) is 4.68. The Morgan fingerprint density at radius 2 is 2.40 bits per heavy atom. The summed E-state index contributed by atoms with van der Waals surface area (Å²) in [6.45, 7) is 4.05. The van der Waals surface area contributed by atoms with Gasteiger partial charge in [-0.1, -0.05) is 0 Å². The number of hydrogen-bond acceptors (Lipinski definition) is 3. The van der Waals surface area contributed by atoms with Crippen LogP contribution >= 0.6 is 0 Å². The number of hydrogen-bond donors (Lipinski definition) is 2. The van der Waals surface area contributed by atoms with Crippen molar-refractivity contribution in [3.63, 3.8) is 0 Å². The number of likely N-dealkylation sites (N-methyl/N-ethyl adjacent to an activating group) is 1. The molecular formula is C11H23N3O. The molecule has 0 aromatic carbocycles. The normalized spacial score (nSPS) is 24.1. The van der Waals surface area contributed by atoms with Crippen LogP contribution in [-0.4, -0.2) is 43.0 Å². The third kappa shape index (κ3) is 5.14. The molecule has 2 atom stereocenters. The lowest BCUT2D eigenvalue weighted by Gasteiger charge is -2.13. The molecule has 0 radical (unpaired) electrons. The molecule has 3 N–H and O–H groups in total. The van der Waals surface area contributed by atoms with Gasteiger partial charge < -0.3 is 16.0 Å². The van der Waals surface area contributed by atoms with Crippen LogP contribution in [0.5, 0.6) is 0 Å². The summed E-state index contributed by atoms with van der Waals surface area (Å²) in [6.07, 6.45) is 3.52. The zero-order valence-corrected chi connectivity index (χ0v) is 9.83. The molecule has 1 aliphatic heterocycles. The quantitative estimate of drug-likeness (QED) is 0.691. The second kappa shape index (κ2) is 6.08. The van der Waals surface area contributed by atoms with Gasteiger partial charge in [-0.25, -0.2) is 0 Å². The van der Waals surface area contributed by atoms with Gasteiger partial charge in [-0.2, -0.15) is 0 Å². The van der Waals surface area contributed by atoms with E-state index in [4.69, 9.17) is 5.73 Å². The number of likely N-dealkylation sites (tertiary alicyclic amines) is 1. The first kappa shape index (κ1) is 12.5. The van der Waals surface area contributed by atoms with Gasteiger partial charge in [0.1, 0.15) is 0 Å². The summed E-state index contributed by atoms with van der Waals surface area (Å²) < 4.78 is 0. The van der Waals surface area contributed by atoms with Gasteiger partial charge in [-0.3, -0.25) is 4.79 Å². The molecule has 2 unspecified atom stereocenters. The number of carbonyl (C=O) groups excluding carboxylic acids is 1. The van der Waals surface area contributed by atoms with Crippen LogP contribution in [0.15, 0.2) is 0 Å². The number of carbonyl (C=O) groups is 1. The van der Waals surface area contributed by atoms with Gasteiger partial charge in [0.25, 0.3) is 0 Å². The lowest BCUT2D eigenvalue weighted by Crippen LogP contribution is -2.36. The zero-order chi connectivity index (χ0) is 11.3.